The van der Waals surface area contributed by atoms with Crippen molar-refractivity contribution in [3.05, 3.63) is 83.3 Å². The van der Waals surface area contributed by atoms with Gasteiger partial charge in [0.05, 0.1) is 0 Å². The maximum Gasteiger partial charge on any atom is 0.161 e. The molecule has 0 fully saturated rings. The third-order valence-corrected chi connectivity index (χ3v) is 7.20. The molecule has 3 aromatic heterocycles. The summed E-state index contributed by atoms with van der Waals surface area (Å²) in [5.74, 6) is 1.57. The van der Waals surface area contributed by atoms with Crippen LogP contribution in [0, 0.1) is 5.92 Å². The maximum absolute atomic E-state index is 6.66. The van der Waals surface area contributed by atoms with Crippen LogP contribution in [0.4, 0.5) is 0 Å². The second-order valence-corrected chi connectivity index (χ2v) is 11.4. The summed E-state index contributed by atoms with van der Waals surface area (Å²) in [5, 5.41) is 3.71. The first-order valence-corrected chi connectivity index (χ1v) is 12.7. The zero-order valence-electron chi connectivity index (χ0n) is 21.3. The molecule has 0 saturated carbocycles. The van der Waals surface area contributed by atoms with E-state index in [0.29, 0.717) is 5.92 Å². The zero-order valence-corrected chi connectivity index (χ0v) is 21.3. The monoisotopic (exact) mass is 460 g/mol. The molecule has 0 N–H and O–H groups in total. The van der Waals surface area contributed by atoms with Gasteiger partial charge in [0, 0.05) is 40.2 Å². The van der Waals surface area contributed by atoms with Gasteiger partial charge in [-0.05, 0) is 76.8 Å². The van der Waals surface area contributed by atoms with Crippen LogP contribution in [-0.4, -0.2) is 9.97 Å². The Balaban J connectivity index is 1.54. The van der Waals surface area contributed by atoms with Crippen molar-refractivity contribution in [3.8, 4) is 22.6 Å². The molecule has 176 valence electrons. The number of furan rings is 1. The fourth-order valence-electron chi connectivity index (χ4n) is 5.56. The number of pyridine rings is 2. The molecule has 0 atom stereocenters. The molecule has 2 aromatic carbocycles. The van der Waals surface area contributed by atoms with Gasteiger partial charge in [-0.25, -0.2) is 0 Å². The molecule has 3 heterocycles. The minimum Gasteiger partial charge on any atom is -0.453 e. The molecule has 6 rings (SSSR count). The quantitative estimate of drug-likeness (QED) is 0.272. The van der Waals surface area contributed by atoms with Crippen molar-refractivity contribution < 1.29 is 4.42 Å². The van der Waals surface area contributed by atoms with Gasteiger partial charge in [0.1, 0.15) is 11.5 Å². The normalized spacial score (nSPS) is 13.4. The van der Waals surface area contributed by atoms with Crippen LogP contribution in [0.3, 0.4) is 0 Å². The zero-order chi connectivity index (χ0) is 24.3. The Bertz CT molecular complexity index is 1580. The lowest BCUT2D eigenvalue weighted by Crippen LogP contribution is -2.12. The molecule has 1 aliphatic rings. The third kappa shape index (κ3) is 3.74. The van der Waals surface area contributed by atoms with Crippen molar-refractivity contribution in [1.82, 2.24) is 9.97 Å². The van der Waals surface area contributed by atoms with Crippen LogP contribution < -0.4 is 0 Å². The van der Waals surface area contributed by atoms with Crippen LogP contribution in [0.1, 0.15) is 57.0 Å². The van der Waals surface area contributed by atoms with Gasteiger partial charge >= 0.3 is 0 Å². The number of nitrogens with zero attached hydrogens (tertiary/aromatic N) is 2. The summed E-state index contributed by atoms with van der Waals surface area (Å²) >= 11 is 0. The summed E-state index contributed by atoms with van der Waals surface area (Å²) in [4.78, 5) is 9.62. The van der Waals surface area contributed by atoms with Crippen LogP contribution in [0.25, 0.3) is 44.3 Å². The van der Waals surface area contributed by atoms with E-state index in [4.69, 9.17) is 14.4 Å². The molecule has 0 spiro atoms. The SMILES string of the molecule is CC(C)Cc1cc2c(cn1)-c1oc3c(-c4cc(C(C)(C)C)c5ccccc5c4)nccc3c1CC2. The summed E-state index contributed by atoms with van der Waals surface area (Å²) in [6, 6.07) is 17.6. The first kappa shape index (κ1) is 22.0. The second kappa shape index (κ2) is 8.05. The summed E-state index contributed by atoms with van der Waals surface area (Å²) in [5.41, 5.74) is 9.18. The average Bonchev–Trinajstić information content (AvgIpc) is 3.21. The van der Waals surface area contributed by atoms with E-state index in [1.54, 1.807) is 0 Å². The molecular weight excluding hydrogens is 428 g/mol. The van der Waals surface area contributed by atoms with E-state index in [2.05, 4.69) is 83.1 Å². The van der Waals surface area contributed by atoms with Crippen LogP contribution in [0.15, 0.2) is 65.3 Å². The van der Waals surface area contributed by atoms with E-state index in [1.807, 2.05) is 12.4 Å². The molecule has 0 saturated heterocycles. The topological polar surface area (TPSA) is 38.9 Å². The fraction of sp³-hybridized carbons (Fsp3) is 0.312. The van der Waals surface area contributed by atoms with Gasteiger partial charge in [-0.1, -0.05) is 58.9 Å². The van der Waals surface area contributed by atoms with Gasteiger partial charge in [-0.3, -0.25) is 9.97 Å². The Labute approximate surface area is 207 Å². The molecule has 0 radical (unpaired) electrons. The van der Waals surface area contributed by atoms with E-state index >= 15 is 0 Å². The highest BCUT2D eigenvalue weighted by Crippen LogP contribution is 2.43. The van der Waals surface area contributed by atoms with E-state index in [0.717, 1.165) is 47.4 Å². The van der Waals surface area contributed by atoms with Gasteiger partial charge in [-0.2, -0.15) is 0 Å². The number of rotatable bonds is 3. The predicted molar refractivity (Wildman–Crippen MR) is 145 cm³/mol. The van der Waals surface area contributed by atoms with Crippen LogP contribution in [0.5, 0.6) is 0 Å². The van der Waals surface area contributed by atoms with Gasteiger partial charge in [0.25, 0.3) is 0 Å². The summed E-state index contributed by atoms with van der Waals surface area (Å²) in [7, 11) is 0. The van der Waals surface area contributed by atoms with Crippen LogP contribution in [0.2, 0.25) is 0 Å². The molecule has 3 nitrogen and oxygen atoms in total. The van der Waals surface area contributed by atoms with Crippen molar-refractivity contribution in [2.75, 3.05) is 0 Å². The third-order valence-electron chi connectivity index (χ3n) is 7.20. The van der Waals surface area contributed by atoms with E-state index in [-0.39, 0.29) is 5.41 Å². The highest BCUT2D eigenvalue weighted by molar-refractivity contribution is 5.99. The van der Waals surface area contributed by atoms with E-state index in [1.165, 1.54) is 38.5 Å². The molecular formula is C32H32N2O. The minimum absolute atomic E-state index is 0.0181. The van der Waals surface area contributed by atoms with Crippen molar-refractivity contribution >= 4 is 21.7 Å². The van der Waals surface area contributed by atoms with E-state index in [9.17, 15) is 0 Å². The predicted octanol–water partition coefficient (Wildman–Crippen LogP) is 8.30. The largest absolute Gasteiger partial charge is 0.453 e. The summed E-state index contributed by atoms with van der Waals surface area (Å²) < 4.78 is 6.66. The molecule has 0 aliphatic heterocycles. The minimum atomic E-state index is 0.0181. The molecule has 0 amide bonds. The first-order chi connectivity index (χ1) is 16.8. The Hall–Kier alpha value is -3.46. The van der Waals surface area contributed by atoms with Crippen LogP contribution >= 0.6 is 0 Å². The fourth-order valence-corrected chi connectivity index (χ4v) is 5.56. The molecule has 5 aromatic rings. The molecule has 3 heteroatoms. The van der Waals surface area contributed by atoms with Gasteiger partial charge in [0.2, 0.25) is 0 Å². The number of fused-ring (bicyclic) bond motifs is 6. The standard InChI is InChI=1S/C32H32N2O/c1-19(2)14-23-16-21-10-11-25-26-12-13-33-29(31(26)35-30(25)27(21)18-34-23)22-15-20-8-6-7-9-24(20)28(17-22)32(3,4)5/h6-9,12-13,15-19H,10-11,14H2,1-5H3. The second-order valence-electron chi connectivity index (χ2n) is 11.4. The molecule has 0 bridgehead atoms. The van der Waals surface area contributed by atoms with Gasteiger partial charge in [-0.15, -0.1) is 0 Å². The van der Waals surface area contributed by atoms with Gasteiger partial charge in [0.15, 0.2) is 5.58 Å². The summed E-state index contributed by atoms with van der Waals surface area (Å²) in [6.45, 7) is 11.3. The molecule has 0 unspecified atom stereocenters. The number of aromatic nitrogens is 2. The van der Waals surface area contributed by atoms with Crippen molar-refractivity contribution in [1.29, 1.82) is 0 Å². The lowest BCUT2D eigenvalue weighted by atomic mass is 9.82. The Morgan fingerprint density at radius 1 is 0.943 bits per heavy atom. The highest BCUT2D eigenvalue weighted by Gasteiger charge is 2.26. The lowest BCUT2D eigenvalue weighted by molar-refractivity contribution is 0.596. The highest BCUT2D eigenvalue weighted by atomic mass is 16.3. The van der Waals surface area contributed by atoms with Crippen LogP contribution in [-0.2, 0) is 24.7 Å². The molecule has 1 aliphatic carbocycles. The first-order valence-electron chi connectivity index (χ1n) is 12.7. The smallest absolute Gasteiger partial charge is 0.161 e. The van der Waals surface area contributed by atoms with Gasteiger partial charge < -0.3 is 4.42 Å². The Morgan fingerprint density at radius 2 is 1.77 bits per heavy atom. The average molecular weight is 461 g/mol. The summed E-state index contributed by atoms with van der Waals surface area (Å²) in [6.07, 6.45) is 6.96. The number of hydrogen-bond acceptors (Lipinski definition) is 3. The Kier molecular flexibility index (Phi) is 5.07. The number of aryl methyl sites for hydroxylation is 2. The van der Waals surface area contributed by atoms with Crippen molar-refractivity contribution in [2.45, 2.75) is 59.3 Å². The number of benzene rings is 2. The van der Waals surface area contributed by atoms with Crippen molar-refractivity contribution in [3.63, 3.8) is 0 Å². The maximum atomic E-state index is 6.66. The molecule has 35 heavy (non-hydrogen) atoms. The number of hydrogen-bond donors (Lipinski definition) is 0. The van der Waals surface area contributed by atoms with E-state index < -0.39 is 0 Å². The van der Waals surface area contributed by atoms with Crippen molar-refractivity contribution in [2.24, 2.45) is 5.92 Å². The lowest BCUT2D eigenvalue weighted by Gasteiger charge is -2.22. The Morgan fingerprint density at radius 3 is 2.57 bits per heavy atom.